The summed E-state index contributed by atoms with van der Waals surface area (Å²) in [6.07, 6.45) is 2.14. The van der Waals surface area contributed by atoms with Gasteiger partial charge in [-0.3, -0.25) is 4.79 Å². The Kier molecular flexibility index (Phi) is 7.39. The van der Waals surface area contributed by atoms with E-state index in [4.69, 9.17) is 4.74 Å². The van der Waals surface area contributed by atoms with E-state index in [1.54, 1.807) is 7.11 Å². The lowest BCUT2D eigenvalue weighted by atomic mass is 9.87. The van der Waals surface area contributed by atoms with Crippen molar-refractivity contribution in [3.8, 4) is 5.75 Å². The topological polar surface area (TPSA) is 70.6 Å². The highest BCUT2D eigenvalue weighted by Crippen LogP contribution is 2.32. The third kappa shape index (κ3) is 5.77. The van der Waals surface area contributed by atoms with E-state index in [2.05, 4.69) is 16.7 Å². The Labute approximate surface area is 175 Å². The van der Waals surface area contributed by atoms with Gasteiger partial charge >= 0.3 is 0 Å². The number of halogens is 2. The summed E-state index contributed by atoms with van der Waals surface area (Å²) in [5.41, 5.74) is 2.77. The minimum Gasteiger partial charge on any atom is -0.497 e. The number of rotatable bonds is 8. The minimum atomic E-state index is -0.934. The van der Waals surface area contributed by atoms with Crippen LogP contribution in [-0.4, -0.2) is 36.8 Å². The van der Waals surface area contributed by atoms with E-state index in [0.29, 0.717) is 5.56 Å². The van der Waals surface area contributed by atoms with Gasteiger partial charge < -0.3 is 20.5 Å². The Morgan fingerprint density at radius 3 is 2.63 bits per heavy atom. The number of fused-ring (bicyclic) bond motifs is 1. The molecule has 30 heavy (non-hydrogen) atoms. The molecule has 7 heteroatoms. The van der Waals surface area contributed by atoms with Gasteiger partial charge in [-0.25, -0.2) is 8.78 Å². The number of carbonyl (C=O) groups excluding carboxylic acids is 1. The van der Waals surface area contributed by atoms with Gasteiger partial charge in [0.1, 0.15) is 17.4 Å². The van der Waals surface area contributed by atoms with Gasteiger partial charge in [0.2, 0.25) is 5.91 Å². The fourth-order valence-corrected chi connectivity index (χ4v) is 4.05. The molecule has 0 radical (unpaired) electrons. The Morgan fingerprint density at radius 1 is 1.23 bits per heavy atom. The molecule has 1 unspecified atom stereocenters. The van der Waals surface area contributed by atoms with Crippen LogP contribution in [0.2, 0.25) is 0 Å². The largest absolute Gasteiger partial charge is 0.497 e. The van der Waals surface area contributed by atoms with Crippen LogP contribution in [0.4, 0.5) is 8.78 Å². The molecule has 0 saturated carbocycles. The molecule has 0 aliphatic heterocycles. The number of hydrogen-bond acceptors (Lipinski definition) is 4. The first kappa shape index (κ1) is 22.2. The summed E-state index contributed by atoms with van der Waals surface area (Å²) in [5.74, 6) is -0.908. The number of methoxy groups -OCH3 is 1. The molecular formula is C23H28F2N2O3. The molecule has 0 fully saturated rings. The number of amides is 1. The van der Waals surface area contributed by atoms with Crippen molar-refractivity contribution in [3.05, 3.63) is 64.7 Å². The molecule has 0 heterocycles. The van der Waals surface area contributed by atoms with Crippen LogP contribution in [0.25, 0.3) is 0 Å². The number of carbonyl (C=O) groups is 1. The average Bonchev–Trinajstić information content (AvgIpc) is 2.70. The van der Waals surface area contributed by atoms with E-state index in [0.717, 1.165) is 36.6 Å². The molecule has 0 spiro atoms. The van der Waals surface area contributed by atoms with E-state index in [-0.39, 0.29) is 24.9 Å². The van der Waals surface area contributed by atoms with Gasteiger partial charge in [0.25, 0.3) is 0 Å². The number of benzene rings is 2. The van der Waals surface area contributed by atoms with Crippen molar-refractivity contribution < 1.29 is 23.4 Å². The third-order valence-electron chi connectivity index (χ3n) is 5.47. The lowest BCUT2D eigenvalue weighted by Crippen LogP contribution is -2.48. The third-order valence-corrected chi connectivity index (χ3v) is 5.47. The lowest BCUT2D eigenvalue weighted by Gasteiger charge is -2.30. The summed E-state index contributed by atoms with van der Waals surface area (Å²) in [6.45, 7) is 1.58. The van der Waals surface area contributed by atoms with Crippen molar-refractivity contribution in [1.82, 2.24) is 10.6 Å². The molecule has 1 amide bonds. The van der Waals surface area contributed by atoms with E-state index < -0.39 is 23.8 Å². The van der Waals surface area contributed by atoms with Gasteiger partial charge in [-0.15, -0.1) is 0 Å². The first-order valence-corrected chi connectivity index (χ1v) is 10.2. The Bertz CT molecular complexity index is 870. The highest BCUT2D eigenvalue weighted by atomic mass is 19.1. The van der Waals surface area contributed by atoms with Crippen molar-refractivity contribution in [3.63, 3.8) is 0 Å². The number of nitrogens with one attached hydrogen (secondary N) is 2. The molecular weight excluding hydrogens is 390 g/mol. The van der Waals surface area contributed by atoms with Crippen molar-refractivity contribution in [2.24, 2.45) is 0 Å². The van der Waals surface area contributed by atoms with Crippen molar-refractivity contribution >= 4 is 5.91 Å². The van der Waals surface area contributed by atoms with E-state index in [9.17, 15) is 18.7 Å². The molecule has 1 aliphatic rings. The molecule has 5 nitrogen and oxygen atoms in total. The molecule has 3 rings (SSSR count). The van der Waals surface area contributed by atoms with Crippen LogP contribution < -0.4 is 15.4 Å². The zero-order valence-electron chi connectivity index (χ0n) is 17.3. The van der Waals surface area contributed by atoms with Crippen LogP contribution in [0.1, 0.15) is 42.5 Å². The molecule has 3 atom stereocenters. The molecule has 0 aromatic heterocycles. The number of aliphatic hydroxyl groups is 1. The summed E-state index contributed by atoms with van der Waals surface area (Å²) in [7, 11) is 1.63. The summed E-state index contributed by atoms with van der Waals surface area (Å²) in [5, 5.41) is 16.8. The second-order valence-corrected chi connectivity index (χ2v) is 7.77. The van der Waals surface area contributed by atoms with Crippen LogP contribution in [0.5, 0.6) is 5.75 Å². The summed E-state index contributed by atoms with van der Waals surface area (Å²) in [4.78, 5) is 11.6. The molecule has 162 valence electrons. The summed E-state index contributed by atoms with van der Waals surface area (Å²) in [6, 6.07) is 8.62. The lowest BCUT2D eigenvalue weighted by molar-refractivity contribution is -0.120. The fraction of sp³-hybridized carbons (Fsp3) is 0.435. The van der Waals surface area contributed by atoms with Crippen LogP contribution in [0, 0.1) is 11.6 Å². The van der Waals surface area contributed by atoms with Crippen molar-refractivity contribution in [2.45, 2.75) is 50.8 Å². The molecule has 1 aliphatic carbocycles. The number of aliphatic hydroxyl groups excluding tert-OH is 1. The quantitative estimate of drug-likeness (QED) is 0.616. The molecule has 2 aromatic rings. The first-order chi connectivity index (χ1) is 14.4. The monoisotopic (exact) mass is 418 g/mol. The van der Waals surface area contributed by atoms with Gasteiger partial charge in [0.15, 0.2) is 0 Å². The van der Waals surface area contributed by atoms with Gasteiger partial charge in [0, 0.05) is 25.6 Å². The maximum Gasteiger partial charge on any atom is 0.217 e. The molecule has 2 aromatic carbocycles. The normalized spacial score (nSPS) is 17.7. The second kappa shape index (κ2) is 10.00. The maximum absolute atomic E-state index is 13.5. The number of aryl methyl sites for hydroxylation is 1. The second-order valence-electron chi connectivity index (χ2n) is 7.77. The predicted octanol–water partition coefficient (Wildman–Crippen LogP) is 3.05. The van der Waals surface area contributed by atoms with Gasteiger partial charge in [-0.05, 0) is 66.6 Å². The SMILES string of the molecule is COc1ccc2c(c1)C(NC[C@@H](O)[C@H](Cc1cc(F)cc(F)c1)NC(C)=O)CCC2. The molecule has 0 bridgehead atoms. The summed E-state index contributed by atoms with van der Waals surface area (Å²) >= 11 is 0. The van der Waals surface area contributed by atoms with Crippen LogP contribution in [0.3, 0.4) is 0 Å². The predicted molar refractivity (Wildman–Crippen MR) is 110 cm³/mol. The zero-order chi connectivity index (χ0) is 21.7. The highest BCUT2D eigenvalue weighted by molar-refractivity contribution is 5.73. The highest BCUT2D eigenvalue weighted by Gasteiger charge is 2.25. The number of ether oxygens (including phenoxy) is 1. The summed E-state index contributed by atoms with van der Waals surface area (Å²) < 4.78 is 32.4. The van der Waals surface area contributed by atoms with Crippen LogP contribution in [0.15, 0.2) is 36.4 Å². The van der Waals surface area contributed by atoms with E-state index in [1.165, 1.54) is 24.6 Å². The van der Waals surface area contributed by atoms with Gasteiger partial charge in [0.05, 0.1) is 19.3 Å². The minimum absolute atomic E-state index is 0.0584. The average molecular weight is 418 g/mol. The van der Waals surface area contributed by atoms with Crippen LogP contribution in [-0.2, 0) is 17.6 Å². The van der Waals surface area contributed by atoms with Crippen molar-refractivity contribution in [2.75, 3.05) is 13.7 Å². The Hall–Kier alpha value is -2.51. The standard InChI is InChI=1S/C23H28F2N2O3/c1-14(28)27-22(10-15-8-17(24)11-18(25)9-15)23(29)13-26-21-5-3-4-16-6-7-19(30-2)12-20(16)21/h6-9,11-12,21-23,26,29H,3-5,10,13H2,1-2H3,(H,27,28)/t21?,22-,23+/m0/s1. The number of hydrogen-bond donors (Lipinski definition) is 3. The van der Waals surface area contributed by atoms with Crippen LogP contribution >= 0.6 is 0 Å². The first-order valence-electron chi connectivity index (χ1n) is 10.2. The van der Waals surface area contributed by atoms with E-state index >= 15 is 0 Å². The van der Waals surface area contributed by atoms with Gasteiger partial charge in [-0.1, -0.05) is 6.07 Å². The Morgan fingerprint density at radius 2 is 1.97 bits per heavy atom. The molecule has 3 N–H and O–H groups in total. The van der Waals surface area contributed by atoms with Gasteiger partial charge in [-0.2, -0.15) is 0 Å². The zero-order valence-corrected chi connectivity index (χ0v) is 17.3. The molecule has 0 saturated heterocycles. The van der Waals surface area contributed by atoms with E-state index in [1.807, 2.05) is 12.1 Å². The maximum atomic E-state index is 13.5. The Balaban J connectivity index is 1.69. The fourth-order valence-electron chi connectivity index (χ4n) is 4.05. The smallest absolute Gasteiger partial charge is 0.217 e. The van der Waals surface area contributed by atoms with Crippen molar-refractivity contribution in [1.29, 1.82) is 0 Å².